The van der Waals surface area contributed by atoms with E-state index in [4.69, 9.17) is 22.1 Å². The van der Waals surface area contributed by atoms with Gasteiger partial charge in [0, 0.05) is 17.8 Å². The molecule has 0 fully saturated rings. The zero-order valence-corrected chi connectivity index (χ0v) is 10.0. The smallest absolute Gasteiger partial charge is 0.131 e. The molecule has 1 aromatic carbocycles. The number of nitrogens with two attached hydrogens (primary N) is 1. The number of aromatic nitrogens is 1. The third-order valence-electron chi connectivity index (χ3n) is 2.38. The summed E-state index contributed by atoms with van der Waals surface area (Å²) < 4.78 is 5.61. The van der Waals surface area contributed by atoms with E-state index >= 15 is 0 Å². The van der Waals surface area contributed by atoms with Gasteiger partial charge in [-0.3, -0.25) is 4.98 Å². The van der Waals surface area contributed by atoms with Crippen molar-refractivity contribution in [2.24, 2.45) is 5.73 Å². The number of ether oxygens (including phenoxy) is 1. The molecule has 0 saturated heterocycles. The Labute approximate surface area is 105 Å². The monoisotopic (exact) mass is 248 g/mol. The topological polar surface area (TPSA) is 48.1 Å². The summed E-state index contributed by atoms with van der Waals surface area (Å²) in [5.41, 5.74) is 7.48. The lowest BCUT2D eigenvalue weighted by atomic mass is 10.2. The van der Waals surface area contributed by atoms with E-state index < -0.39 is 0 Å². The highest BCUT2D eigenvalue weighted by molar-refractivity contribution is 6.30. The molecule has 0 unspecified atom stereocenters. The minimum Gasteiger partial charge on any atom is -0.487 e. The maximum atomic E-state index is 5.87. The Balaban J connectivity index is 2.07. The van der Waals surface area contributed by atoms with Crippen molar-refractivity contribution in [1.82, 2.24) is 4.98 Å². The molecule has 1 aromatic heterocycles. The van der Waals surface area contributed by atoms with E-state index in [9.17, 15) is 0 Å². The second-order valence-electron chi connectivity index (χ2n) is 3.56. The minimum absolute atomic E-state index is 0.397. The summed E-state index contributed by atoms with van der Waals surface area (Å²) in [7, 11) is 0. The Morgan fingerprint density at radius 1 is 1.24 bits per heavy atom. The fourth-order valence-electron chi connectivity index (χ4n) is 1.50. The molecule has 0 spiro atoms. The normalized spacial score (nSPS) is 10.2. The van der Waals surface area contributed by atoms with Crippen LogP contribution in [0.2, 0.25) is 5.02 Å². The molecular formula is C13H13ClN2O. The zero-order valence-electron chi connectivity index (χ0n) is 9.27. The lowest BCUT2D eigenvalue weighted by Gasteiger charge is -2.08. The summed E-state index contributed by atoms with van der Waals surface area (Å²) in [5.74, 6) is 0.728. The number of halogens is 1. The summed E-state index contributed by atoms with van der Waals surface area (Å²) in [6, 6.07) is 11.1. The molecule has 4 heteroatoms. The summed E-state index contributed by atoms with van der Waals surface area (Å²) in [6.45, 7) is 0.857. The number of rotatable bonds is 4. The SMILES string of the molecule is NCc1cccnc1COc1cccc(Cl)c1. The van der Waals surface area contributed by atoms with Gasteiger partial charge in [0.1, 0.15) is 12.4 Å². The van der Waals surface area contributed by atoms with E-state index in [0.29, 0.717) is 18.2 Å². The lowest BCUT2D eigenvalue weighted by molar-refractivity contribution is 0.300. The molecular weight excluding hydrogens is 236 g/mol. The first kappa shape index (κ1) is 11.9. The molecule has 0 atom stereocenters. The van der Waals surface area contributed by atoms with Crippen molar-refractivity contribution in [1.29, 1.82) is 0 Å². The summed E-state index contributed by atoms with van der Waals surface area (Å²) in [6.07, 6.45) is 1.73. The van der Waals surface area contributed by atoms with Gasteiger partial charge in [0.25, 0.3) is 0 Å². The second-order valence-corrected chi connectivity index (χ2v) is 4.00. The van der Waals surface area contributed by atoms with Crippen molar-refractivity contribution in [2.75, 3.05) is 0 Å². The van der Waals surface area contributed by atoms with Crippen molar-refractivity contribution in [3.63, 3.8) is 0 Å². The van der Waals surface area contributed by atoms with Crippen LogP contribution in [0.5, 0.6) is 5.75 Å². The van der Waals surface area contributed by atoms with E-state index in [0.717, 1.165) is 17.0 Å². The van der Waals surface area contributed by atoms with Gasteiger partial charge in [-0.05, 0) is 29.8 Å². The minimum atomic E-state index is 0.397. The highest BCUT2D eigenvalue weighted by Crippen LogP contribution is 2.18. The van der Waals surface area contributed by atoms with Crippen molar-refractivity contribution < 1.29 is 4.74 Å². The maximum Gasteiger partial charge on any atom is 0.131 e. The Bertz CT molecular complexity index is 502. The average Bonchev–Trinajstić information content (AvgIpc) is 2.37. The van der Waals surface area contributed by atoms with Crippen LogP contribution in [-0.2, 0) is 13.2 Å². The Morgan fingerprint density at radius 2 is 2.12 bits per heavy atom. The molecule has 3 nitrogen and oxygen atoms in total. The van der Waals surface area contributed by atoms with Gasteiger partial charge in [-0.2, -0.15) is 0 Å². The van der Waals surface area contributed by atoms with E-state index in [2.05, 4.69) is 4.98 Å². The van der Waals surface area contributed by atoms with E-state index in [-0.39, 0.29) is 0 Å². The number of benzene rings is 1. The first-order valence-corrected chi connectivity index (χ1v) is 5.68. The molecule has 0 amide bonds. The molecule has 0 aliphatic carbocycles. The molecule has 1 heterocycles. The molecule has 0 radical (unpaired) electrons. The molecule has 0 saturated carbocycles. The molecule has 0 aliphatic heterocycles. The quantitative estimate of drug-likeness (QED) is 0.905. The van der Waals surface area contributed by atoms with Gasteiger partial charge in [0.05, 0.1) is 5.69 Å². The van der Waals surface area contributed by atoms with Crippen LogP contribution in [0.4, 0.5) is 0 Å². The van der Waals surface area contributed by atoms with E-state index in [1.165, 1.54) is 0 Å². The molecule has 17 heavy (non-hydrogen) atoms. The Kier molecular flexibility index (Phi) is 3.96. The van der Waals surface area contributed by atoms with Gasteiger partial charge in [-0.1, -0.05) is 23.7 Å². The van der Waals surface area contributed by atoms with Gasteiger partial charge in [0.2, 0.25) is 0 Å². The third-order valence-corrected chi connectivity index (χ3v) is 2.61. The molecule has 2 N–H and O–H groups in total. The predicted octanol–water partition coefficient (Wildman–Crippen LogP) is 2.77. The van der Waals surface area contributed by atoms with Crippen molar-refractivity contribution >= 4 is 11.6 Å². The van der Waals surface area contributed by atoms with E-state index in [1.54, 1.807) is 18.3 Å². The number of nitrogens with zero attached hydrogens (tertiary/aromatic N) is 1. The van der Waals surface area contributed by atoms with Gasteiger partial charge in [0.15, 0.2) is 0 Å². The van der Waals surface area contributed by atoms with Crippen molar-refractivity contribution in [3.8, 4) is 5.75 Å². The molecule has 88 valence electrons. The first-order valence-electron chi connectivity index (χ1n) is 5.31. The largest absolute Gasteiger partial charge is 0.487 e. The fourth-order valence-corrected chi connectivity index (χ4v) is 1.68. The molecule has 2 rings (SSSR count). The summed E-state index contributed by atoms with van der Waals surface area (Å²) in [4.78, 5) is 4.25. The van der Waals surface area contributed by atoms with Crippen LogP contribution in [0.15, 0.2) is 42.6 Å². The summed E-state index contributed by atoms with van der Waals surface area (Å²) >= 11 is 5.87. The Morgan fingerprint density at radius 3 is 2.88 bits per heavy atom. The van der Waals surface area contributed by atoms with Crippen LogP contribution >= 0.6 is 11.6 Å². The standard InChI is InChI=1S/C13H13ClN2O/c14-11-4-1-5-12(7-11)17-9-13-10(8-15)3-2-6-16-13/h1-7H,8-9,15H2. The number of hydrogen-bond acceptors (Lipinski definition) is 3. The van der Waals surface area contributed by atoms with Gasteiger partial charge in [-0.15, -0.1) is 0 Å². The maximum absolute atomic E-state index is 5.87. The van der Waals surface area contributed by atoms with Crippen LogP contribution in [0.3, 0.4) is 0 Å². The van der Waals surface area contributed by atoms with Crippen LogP contribution in [-0.4, -0.2) is 4.98 Å². The molecule has 0 bridgehead atoms. The van der Waals surface area contributed by atoms with Crippen LogP contribution in [0.25, 0.3) is 0 Å². The predicted molar refractivity (Wildman–Crippen MR) is 67.9 cm³/mol. The first-order chi connectivity index (χ1) is 8.29. The number of pyridine rings is 1. The highest BCUT2D eigenvalue weighted by Gasteiger charge is 2.02. The lowest BCUT2D eigenvalue weighted by Crippen LogP contribution is -2.06. The van der Waals surface area contributed by atoms with Crippen molar-refractivity contribution in [3.05, 3.63) is 58.9 Å². The molecule has 0 aliphatic rings. The molecule has 2 aromatic rings. The fraction of sp³-hybridized carbons (Fsp3) is 0.154. The van der Waals surface area contributed by atoms with E-state index in [1.807, 2.05) is 24.3 Å². The average molecular weight is 249 g/mol. The number of hydrogen-bond donors (Lipinski definition) is 1. The van der Waals surface area contributed by atoms with Gasteiger partial charge in [-0.25, -0.2) is 0 Å². The second kappa shape index (κ2) is 5.66. The van der Waals surface area contributed by atoms with Gasteiger partial charge >= 0.3 is 0 Å². The Hall–Kier alpha value is -1.58. The van der Waals surface area contributed by atoms with Crippen LogP contribution < -0.4 is 10.5 Å². The zero-order chi connectivity index (χ0) is 12.1. The van der Waals surface area contributed by atoms with Crippen molar-refractivity contribution in [2.45, 2.75) is 13.2 Å². The highest BCUT2D eigenvalue weighted by atomic mass is 35.5. The third kappa shape index (κ3) is 3.19. The van der Waals surface area contributed by atoms with Crippen LogP contribution in [0.1, 0.15) is 11.3 Å². The van der Waals surface area contributed by atoms with Gasteiger partial charge < -0.3 is 10.5 Å². The summed E-state index contributed by atoms with van der Waals surface area (Å²) in [5, 5.41) is 0.655. The van der Waals surface area contributed by atoms with Crippen LogP contribution in [0, 0.1) is 0 Å².